The number of benzene rings is 2. The molecule has 1 aliphatic carbocycles. The number of carbonyl (C=O) groups excluding carboxylic acids is 1. The van der Waals surface area contributed by atoms with Gasteiger partial charge in [-0.3, -0.25) is 9.80 Å². The first-order chi connectivity index (χ1) is 16.4. The largest absolute Gasteiger partial charge is 0.496 e. The van der Waals surface area contributed by atoms with E-state index < -0.39 is 5.54 Å². The van der Waals surface area contributed by atoms with Crippen molar-refractivity contribution in [3.05, 3.63) is 66.0 Å². The highest BCUT2D eigenvalue weighted by Gasteiger charge is 2.38. The fourth-order valence-corrected chi connectivity index (χ4v) is 4.83. The van der Waals surface area contributed by atoms with Crippen LogP contribution in [-0.4, -0.2) is 43.8 Å². The molecular weight excluding hydrogens is 428 g/mol. The van der Waals surface area contributed by atoms with Crippen LogP contribution in [0.3, 0.4) is 0 Å². The lowest BCUT2D eigenvalue weighted by atomic mass is 9.74. The van der Waals surface area contributed by atoms with Crippen molar-refractivity contribution in [1.82, 2.24) is 30.6 Å². The number of hydrazine groups is 1. The van der Waals surface area contributed by atoms with Crippen LogP contribution in [0.15, 0.2) is 54.9 Å². The summed E-state index contributed by atoms with van der Waals surface area (Å²) in [4.78, 5) is 14.0. The van der Waals surface area contributed by atoms with Crippen LogP contribution in [-0.2, 0) is 11.3 Å². The predicted molar refractivity (Wildman–Crippen MR) is 130 cm³/mol. The van der Waals surface area contributed by atoms with Gasteiger partial charge in [0.15, 0.2) is 0 Å². The molecule has 3 aromatic rings. The maximum atomic E-state index is 14.0. The number of aromatic nitrogens is 4. The van der Waals surface area contributed by atoms with Gasteiger partial charge in [0.05, 0.1) is 18.3 Å². The number of hydrogen-bond acceptors (Lipinski definition) is 6. The molecule has 0 saturated heterocycles. The lowest BCUT2D eigenvalue weighted by Crippen LogP contribution is -2.56. The Hall–Kier alpha value is -3.26. The molecule has 2 aromatic carbocycles. The van der Waals surface area contributed by atoms with Crippen molar-refractivity contribution in [1.29, 1.82) is 0 Å². The van der Waals surface area contributed by atoms with E-state index in [1.165, 1.54) is 5.56 Å². The van der Waals surface area contributed by atoms with Gasteiger partial charge in [-0.15, -0.1) is 5.10 Å². The summed E-state index contributed by atoms with van der Waals surface area (Å²) < 4.78 is 7.18. The fourth-order valence-electron chi connectivity index (χ4n) is 4.83. The molecule has 180 valence electrons. The maximum absolute atomic E-state index is 14.0. The molecule has 34 heavy (non-hydrogen) atoms. The third kappa shape index (κ3) is 5.28. The van der Waals surface area contributed by atoms with Gasteiger partial charge in [-0.25, -0.2) is 10.1 Å². The third-order valence-electron chi connectivity index (χ3n) is 6.51. The molecule has 0 aliphatic heterocycles. The molecule has 8 heteroatoms. The van der Waals surface area contributed by atoms with Crippen LogP contribution >= 0.6 is 0 Å². The lowest BCUT2D eigenvalue weighted by molar-refractivity contribution is -0.147. The van der Waals surface area contributed by atoms with Crippen molar-refractivity contribution in [2.24, 2.45) is 5.92 Å². The topological polar surface area (TPSA) is 85.2 Å². The van der Waals surface area contributed by atoms with Crippen molar-refractivity contribution < 1.29 is 9.53 Å². The van der Waals surface area contributed by atoms with Gasteiger partial charge in [0.1, 0.15) is 12.1 Å². The van der Waals surface area contributed by atoms with Gasteiger partial charge in [-0.1, -0.05) is 43.2 Å². The minimum atomic E-state index is -0.392. The molecule has 0 spiro atoms. The summed E-state index contributed by atoms with van der Waals surface area (Å²) in [5.41, 5.74) is 6.04. The first-order valence-corrected chi connectivity index (χ1v) is 11.9. The summed E-state index contributed by atoms with van der Waals surface area (Å²) >= 11 is 0. The van der Waals surface area contributed by atoms with Crippen LogP contribution in [0.5, 0.6) is 5.75 Å². The Balaban J connectivity index is 1.57. The summed E-state index contributed by atoms with van der Waals surface area (Å²) in [6, 6.07) is 16.2. The van der Waals surface area contributed by atoms with Crippen molar-refractivity contribution >= 4 is 5.91 Å². The molecule has 1 aliphatic rings. The van der Waals surface area contributed by atoms with E-state index in [2.05, 4.69) is 66.0 Å². The second kappa shape index (κ2) is 10.3. The maximum Gasteiger partial charge on any atom is 0.240 e. The Morgan fingerprint density at radius 3 is 2.59 bits per heavy atom. The van der Waals surface area contributed by atoms with Crippen LogP contribution in [0.25, 0.3) is 5.69 Å². The highest BCUT2D eigenvalue weighted by Crippen LogP contribution is 2.39. The zero-order valence-electron chi connectivity index (χ0n) is 20.4. The van der Waals surface area contributed by atoms with Gasteiger partial charge in [-0.05, 0) is 73.7 Å². The van der Waals surface area contributed by atoms with E-state index in [4.69, 9.17) is 4.74 Å². The molecule has 2 atom stereocenters. The zero-order valence-corrected chi connectivity index (χ0v) is 20.4. The van der Waals surface area contributed by atoms with E-state index in [1.807, 2.05) is 29.3 Å². The molecule has 0 radical (unpaired) electrons. The summed E-state index contributed by atoms with van der Waals surface area (Å²) in [5, 5.41) is 13.2. The number of tetrazole rings is 1. The number of rotatable bonds is 7. The Bertz CT molecular complexity index is 1080. The zero-order chi connectivity index (χ0) is 24.1. The summed E-state index contributed by atoms with van der Waals surface area (Å²) in [6.45, 7) is 6.62. The number of methoxy groups -OCH3 is 1. The number of amides is 1. The van der Waals surface area contributed by atoms with Gasteiger partial charge in [0.2, 0.25) is 5.91 Å². The minimum absolute atomic E-state index is 0.0441. The number of hydrogen-bond donors (Lipinski definition) is 1. The molecule has 1 aromatic heterocycles. The van der Waals surface area contributed by atoms with E-state index in [9.17, 15) is 4.79 Å². The Labute approximate surface area is 201 Å². The monoisotopic (exact) mass is 462 g/mol. The summed E-state index contributed by atoms with van der Waals surface area (Å²) in [6.07, 6.45) is 5.74. The van der Waals surface area contributed by atoms with E-state index in [0.29, 0.717) is 6.54 Å². The molecule has 0 unspecified atom stereocenters. The number of nitrogens with one attached hydrogen (secondary N) is 1. The average Bonchev–Trinajstić information content (AvgIpc) is 3.39. The van der Waals surface area contributed by atoms with Gasteiger partial charge in [-0.2, -0.15) is 0 Å². The van der Waals surface area contributed by atoms with E-state index in [0.717, 1.165) is 42.7 Å². The van der Waals surface area contributed by atoms with Gasteiger partial charge in [0, 0.05) is 18.0 Å². The van der Waals surface area contributed by atoms with Crippen LogP contribution in [0, 0.1) is 5.92 Å². The summed E-state index contributed by atoms with van der Waals surface area (Å²) in [7, 11) is 1.65. The highest BCUT2D eigenvalue weighted by atomic mass is 16.5. The van der Waals surface area contributed by atoms with Crippen molar-refractivity contribution in [2.75, 3.05) is 7.11 Å². The van der Waals surface area contributed by atoms with E-state index in [1.54, 1.807) is 18.1 Å². The molecular formula is C26H34N6O2. The quantitative estimate of drug-likeness (QED) is 0.528. The molecule has 8 nitrogen and oxygen atoms in total. The SMILES string of the molecule is COc1ccc(-n2cnnn2)cc1CNN(C(=O)[C@H]1CCCC[C@@H]1c1ccccc1)C(C)(C)C. The van der Waals surface area contributed by atoms with E-state index in [-0.39, 0.29) is 17.7 Å². The second-order valence-corrected chi connectivity index (χ2v) is 9.84. The number of carbonyl (C=O) groups is 1. The standard InChI is InChI=1S/C26H34N6O2/c1-26(2,3)32(25(33)23-13-9-8-12-22(23)19-10-6-5-7-11-19)28-17-20-16-21(14-15-24(20)34-4)31-18-27-29-30-31/h5-7,10-11,14-16,18,22-23,28H,8-9,12-13,17H2,1-4H3/t22-,23+/m1/s1. The van der Waals surface area contributed by atoms with Gasteiger partial charge >= 0.3 is 0 Å². The third-order valence-corrected chi connectivity index (χ3v) is 6.51. The van der Waals surface area contributed by atoms with Crippen LogP contribution < -0.4 is 10.2 Å². The van der Waals surface area contributed by atoms with E-state index >= 15 is 0 Å². The molecule has 1 fully saturated rings. The Morgan fingerprint density at radius 1 is 1.15 bits per heavy atom. The molecule has 1 N–H and O–H groups in total. The number of ether oxygens (including phenoxy) is 1. The minimum Gasteiger partial charge on any atom is -0.496 e. The van der Waals surface area contributed by atoms with Crippen LogP contribution in [0.4, 0.5) is 0 Å². The molecule has 4 rings (SSSR count). The predicted octanol–water partition coefficient (Wildman–Crippen LogP) is 4.28. The summed E-state index contributed by atoms with van der Waals surface area (Å²) in [5.74, 6) is 1.09. The normalized spacial score (nSPS) is 18.5. The molecule has 1 saturated carbocycles. The highest BCUT2D eigenvalue weighted by molar-refractivity contribution is 5.80. The fraction of sp³-hybridized carbons (Fsp3) is 0.462. The lowest BCUT2D eigenvalue weighted by Gasteiger charge is -2.41. The first kappa shape index (κ1) is 23.9. The van der Waals surface area contributed by atoms with Gasteiger partial charge < -0.3 is 4.74 Å². The number of nitrogens with zero attached hydrogens (tertiary/aromatic N) is 5. The second-order valence-electron chi connectivity index (χ2n) is 9.84. The van der Waals surface area contributed by atoms with Crippen molar-refractivity contribution in [3.8, 4) is 11.4 Å². The molecule has 1 amide bonds. The Morgan fingerprint density at radius 2 is 1.91 bits per heavy atom. The average molecular weight is 463 g/mol. The molecule has 0 bridgehead atoms. The van der Waals surface area contributed by atoms with Crippen molar-refractivity contribution in [3.63, 3.8) is 0 Å². The van der Waals surface area contributed by atoms with Crippen molar-refractivity contribution in [2.45, 2.75) is 64.5 Å². The van der Waals surface area contributed by atoms with Crippen LogP contribution in [0.1, 0.15) is 63.5 Å². The van der Waals surface area contributed by atoms with Gasteiger partial charge in [0.25, 0.3) is 0 Å². The molecule has 1 heterocycles. The first-order valence-electron chi connectivity index (χ1n) is 11.9. The Kier molecular flexibility index (Phi) is 7.26. The smallest absolute Gasteiger partial charge is 0.240 e. The van der Waals surface area contributed by atoms with Crippen LogP contribution in [0.2, 0.25) is 0 Å².